The maximum atomic E-state index is 13.1. The molecule has 0 N–H and O–H groups in total. The van der Waals surface area contributed by atoms with E-state index in [4.69, 9.17) is 9.47 Å². The molecule has 0 heterocycles. The molecule has 3 rings (SSSR count). The fourth-order valence-electron chi connectivity index (χ4n) is 4.40. The van der Waals surface area contributed by atoms with Crippen molar-refractivity contribution in [1.82, 2.24) is 0 Å². The van der Waals surface area contributed by atoms with Gasteiger partial charge < -0.3 is 9.47 Å². The van der Waals surface area contributed by atoms with Crippen LogP contribution in [-0.2, 0) is 11.2 Å². The third-order valence-corrected chi connectivity index (χ3v) is 5.98. The number of ether oxygens (including phenoxy) is 2. The molecular weight excluding hydrogens is 328 g/mol. The first kappa shape index (κ1) is 18.7. The van der Waals surface area contributed by atoms with Crippen molar-refractivity contribution in [3.63, 3.8) is 0 Å². The monoisotopic (exact) mass is 356 g/mol. The number of ketones is 2. The average molecular weight is 356 g/mol. The summed E-state index contributed by atoms with van der Waals surface area (Å²) in [5.41, 5.74) is 2.92. The van der Waals surface area contributed by atoms with Gasteiger partial charge in [0.1, 0.15) is 5.78 Å². The van der Waals surface area contributed by atoms with Gasteiger partial charge >= 0.3 is 0 Å². The maximum absolute atomic E-state index is 13.1. The van der Waals surface area contributed by atoms with E-state index in [9.17, 15) is 9.59 Å². The van der Waals surface area contributed by atoms with Gasteiger partial charge in [-0.1, -0.05) is 13.8 Å². The minimum absolute atomic E-state index is 0.0388. The minimum atomic E-state index is -0.585. The van der Waals surface area contributed by atoms with E-state index in [0.29, 0.717) is 29.9 Å². The number of benzene rings is 1. The number of methoxy groups -OCH3 is 2. The molecular formula is C22H28O4. The summed E-state index contributed by atoms with van der Waals surface area (Å²) in [6.45, 7) is 8.03. The summed E-state index contributed by atoms with van der Waals surface area (Å²) < 4.78 is 11.4. The lowest BCUT2D eigenvalue weighted by Gasteiger charge is -2.37. The van der Waals surface area contributed by atoms with Crippen LogP contribution in [0, 0.1) is 11.3 Å². The molecule has 1 saturated carbocycles. The molecule has 1 aromatic carbocycles. The molecule has 0 bridgehead atoms. The zero-order chi connectivity index (χ0) is 19.2. The fraction of sp³-hybridized carbons (Fsp3) is 0.545. The molecule has 0 saturated heterocycles. The van der Waals surface area contributed by atoms with Gasteiger partial charge in [-0.25, -0.2) is 0 Å². The highest BCUT2D eigenvalue weighted by Crippen LogP contribution is 2.48. The number of allylic oxidation sites excluding steroid dienone is 2. The van der Waals surface area contributed by atoms with Crippen LogP contribution in [0.15, 0.2) is 17.7 Å². The van der Waals surface area contributed by atoms with Crippen LogP contribution in [0.3, 0.4) is 0 Å². The Balaban J connectivity index is 2.23. The fourth-order valence-corrected chi connectivity index (χ4v) is 4.40. The zero-order valence-corrected chi connectivity index (χ0v) is 16.6. The highest BCUT2D eigenvalue weighted by Gasteiger charge is 2.42. The van der Waals surface area contributed by atoms with E-state index in [1.165, 1.54) is 0 Å². The molecule has 0 aromatic heterocycles. The lowest BCUT2D eigenvalue weighted by atomic mass is 9.66. The lowest BCUT2D eigenvalue weighted by molar-refractivity contribution is -0.127. The van der Waals surface area contributed by atoms with Gasteiger partial charge in [0.25, 0.3) is 0 Å². The highest BCUT2D eigenvalue weighted by atomic mass is 16.5. The zero-order valence-electron chi connectivity index (χ0n) is 16.6. The summed E-state index contributed by atoms with van der Waals surface area (Å²) in [6.07, 6.45) is 3.74. The smallest absolute Gasteiger partial charge is 0.186 e. The van der Waals surface area contributed by atoms with Gasteiger partial charge in [0.05, 0.1) is 14.2 Å². The Kier molecular flexibility index (Phi) is 4.72. The summed E-state index contributed by atoms with van der Waals surface area (Å²) in [5.74, 6) is 1.92. The average Bonchev–Trinajstić information content (AvgIpc) is 2.74. The molecule has 0 spiro atoms. The number of Topliss-reactive ketones (excluding diaryl/α,β-unsaturated/α-hetero) is 1. The number of hydrogen-bond donors (Lipinski definition) is 0. The molecule has 1 fully saturated rings. The van der Waals surface area contributed by atoms with E-state index in [2.05, 4.69) is 13.8 Å². The Morgan fingerprint density at radius 2 is 1.77 bits per heavy atom. The number of carbonyl (C=O) groups is 2. The largest absolute Gasteiger partial charge is 0.493 e. The molecule has 1 unspecified atom stereocenters. The number of fused-ring (bicyclic) bond motifs is 2. The molecule has 140 valence electrons. The quantitative estimate of drug-likeness (QED) is 0.800. The van der Waals surface area contributed by atoms with Crippen LogP contribution < -0.4 is 9.47 Å². The Morgan fingerprint density at radius 1 is 1.12 bits per heavy atom. The molecule has 4 heteroatoms. The molecule has 1 atom stereocenters. The van der Waals surface area contributed by atoms with Crippen molar-refractivity contribution in [2.24, 2.45) is 11.3 Å². The van der Waals surface area contributed by atoms with Crippen molar-refractivity contribution in [3.05, 3.63) is 34.4 Å². The standard InChI is InChI=1S/C22H28O4/c1-12(2)14-10-15-16(21(26-6)20(14)25-5)9-13-7-8-19(24)22(3,4)17(13)11-18(15)23/h10-13H,7-9H2,1-6H3. The molecule has 0 aliphatic heterocycles. The summed E-state index contributed by atoms with van der Waals surface area (Å²) in [7, 11) is 3.26. The van der Waals surface area contributed by atoms with Gasteiger partial charge in [-0.15, -0.1) is 0 Å². The van der Waals surface area contributed by atoms with E-state index in [1.807, 2.05) is 19.9 Å². The van der Waals surface area contributed by atoms with E-state index in [1.54, 1.807) is 20.3 Å². The molecule has 0 amide bonds. The first-order valence-corrected chi connectivity index (χ1v) is 9.29. The van der Waals surface area contributed by atoms with Crippen LogP contribution in [0.2, 0.25) is 0 Å². The third kappa shape index (κ3) is 2.76. The minimum Gasteiger partial charge on any atom is -0.493 e. The van der Waals surface area contributed by atoms with Crippen LogP contribution >= 0.6 is 0 Å². The van der Waals surface area contributed by atoms with Crippen molar-refractivity contribution >= 4 is 11.6 Å². The van der Waals surface area contributed by atoms with Crippen molar-refractivity contribution in [1.29, 1.82) is 0 Å². The van der Waals surface area contributed by atoms with Crippen molar-refractivity contribution in [2.75, 3.05) is 14.2 Å². The predicted octanol–water partition coefficient (Wildman–Crippen LogP) is 4.50. The highest BCUT2D eigenvalue weighted by molar-refractivity contribution is 6.08. The SMILES string of the molecule is COc1c(C(C)C)cc2c(c1OC)CC1CCC(=O)C(C)(C)C1=CC2=O. The van der Waals surface area contributed by atoms with Crippen molar-refractivity contribution < 1.29 is 19.1 Å². The third-order valence-electron chi connectivity index (χ3n) is 5.98. The van der Waals surface area contributed by atoms with Crippen LogP contribution in [0.1, 0.15) is 67.9 Å². The molecule has 26 heavy (non-hydrogen) atoms. The number of hydrogen-bond acceptors (Lipinski definition) is 4. The van der Waals surface area contributed by atoms with Crippen LogP contribution in [-0.4, -0.2) is 25.8 Å². The Hall–Kier alpha value is -2.10. The molecule has 1 aromatic rings. The van der Waals surface area contributed by atoms with Crippen LogP contribution in [0.5, 0.6) is 11.5 Å². The topological polar surface area (TPSA) is 52.6 Å². The van der Waals surface area contributed by atoms with E-state index < -0.39 is 5.41 Å². The van der Waals surface area contributed by atoms with Gasteiger partial charge in [-0.05, 0) is 56.2 Å². The lowest BCUT2D eigenvalue weighted by Crippen LogP contribution is -2.36. The number of carbonyl (C=O) groups excluding carboxylic acids is 2. The first-order chi connectivity index (χ1) is 12.2. The van der Waals surface area contributed by atoms with Gasteiger partial charge in [0, 0.05) is 28.5 Å². The normalized spacial score (nSPS) is 21.7. The predicted molar refractivity (Wildman–Crippen MR) is 101 cm³/mol. The van der Waals surface area contributed by atoms with Crippen molar-refractivity contribution in [2.45, 2.75) is 52.9 Å². The number of rotatable bonds is 3. The van der Waals surface area contributed by atoms with Gasteiger partial charge in [0.2, 0.25) is 0 Å². The Bertz CT molecular complexity index is 799. The molecule has 2 aliphatic carbocycles. The van der Waals surface area contributed by atoms with E-state index in [-0.39, 0.29) is 23.4 Å². The summed E-state index contributed by atoms with van der Waals surface area (Å²) in [6, 6.07) is 1.95. The molecule has 0 radical (unpaired) electrons. The van der Waals surface area contributed by atoms with E-state index >= 15 is 0 Å². The van der Waals surface area contributed by atoms with Gasteiger partial charge in [-0.2, -0.15) is 0 Å². The van der Waals surface area contributed by atoms with Crippen LogP contribution in [0.25, 0.3) is 0 Å². The maximum Gasteiger partial charge on any atom is 0.186 e. The van der Waals surface area contributed by atoms with Gasteiger partial charge in [0.15, 0.2) is 17.3 Å². The van der Waals surface area contributed by atoms with Crippen LogP contribution in [0.4, 0.5) is 0 Å². The van der Waals surface area contributed by atoms with Crippen molar-refractivity contribution in [3.8, 4) is 11.5 Å². The second-order valence-corrected chi connectivity index (χ2v) is 8.16. The molecule has 2 aliphatic rings. The second kappa shape index (κ2) is 6.57. The van der Waals surface area contributed by atoms with Gasteiger partial charge in [-0.3, -0.25) is 9.59 Å². The first-order valence-electron chi connectivity index (χ1n) is 9.29. The Labute approximate surface area is 155 Å². The summed E-state index contributed by atoms with van der Waals surface area (Å²) in [4.78, 5) is 25.5. The molecule has 4 nitrogen and oxygen atoms in total. The summed E-state index contributed by atoms with van der Waals surface area (Å²) in [5, 5.41) is 0. The Morgan fingerprint density at radius 3 is 2.35 bits per heavy atom. The summed E-state index contributed by atoms with van der Waals surface area (Å²) >= 11 is 0. The second-order valence-electron chi connectivity index (χ2n) is 8.16. The van der Waals surface area contributed by atoms with E-state index in [0.717, 1.165) is 23.1 Å².